The van der Waals surface area contributed by atoms with Crippen molar-refractivity contribution in [1.29, 1.82) is 0 Å². The summed E-state index contributed by atoms with van der Waals surface area (Å²) in [6.45, 7) is 2.78. The van der Waals surface area contributed by atoms with Crippen LogP contribution in [0.25, 0.3) is 0 Å². The van der Waals surface area contributed by atoms with E-state index in [2.05, 4.69) is 20.3 Å². The maximum Gasteiger partial charge on any atom is 0.0766 e. The van der Waals surface area contributed by atoms with Crippen molar-refractivity contribution in [3.05, 3.63) is 35.9 Å². The molecule has 96 valence electrons. The second kappa shape index (κ2) is 5.08. The Kier molecular flexibility index (Phi) is 3.50. The van der Waals surface area contributed by atoms with Crippen LogP contribution < -0.4 is 10.2 Å². The second-order valence-corrected chi connectivity index (χ2v) is 4.55. The van der Waals surface area contributed by atoms with Gasteiger partial charge in [-0.15, -0.1) is 0 Å². The lowest BCUT2D eigenvalue weighted by Crippen LogP contribution is -2.12. The van der Waals surface area contributed by atoms with E-state index in [-0.39, 0.29) is 0 Å². The van der Waals surface area contributed by atoms with E-state index in [0.29, 0.717) is 0 Å². The van der Waals surface area contributed by atoms with Gasteiger partial charge in [0.15, 0.2) is 0 Å². The van der Waals surface area contributed by atoms with Gasteiger partial charge in [-0.2, -0.15) is 5.10 Å². The Hall–Kier alpha value is -2.04. The lowest BCUT2D eigenvalue weighted by molar-refractivity contribution is 0.756. The van der Waals surface area contributed by atoms with Crippen LogP contribution in [0.2, 0.25) is 0 Å². The van der Waals surface area contributed by atoms with E-state index in [9.17, 15) is 0 Å². The Morgan fingerprint density at radius 3 is 2.78 bits per heavy atom. The maximum atomic E-state index is 4.33. The number of rotatable bonds is 4. The van der Waals surface area contributed by atoms with Crippen LogP contribution in [-0.4, -0.2) is 28.9 Å². The zero-order chi connectivity index (χ0) is 13.1. The Bertz CT molecular complexity index is 530. The number of hydrogen-bond donors (Lipinski definition) is 1. The van der Waals surface area contributed by atoms with Crippen molar-refractivity contribution in [2.24, 2.45) is 7.05 Å². The highest BCUT2D eigenvalue weighted by atomic mass is 15.3. The van der Waals surface area contributed by atoms with Gasteiger partial charge in [0.05, 0.1) is 23.3 Å². The molecule has 0 aromatic carbocycles. The average Bonchev–Trinajstić information content (AvgIpc) is 2.65. The van der Waals surface area contributed by atoms with Crippen LogP contribution in [0.5, 0.6) is 0 Å². The van der Waals surface area contributed by atoms with Gasteiger partial charge < -0.3 is 10.2 Å². The molecular formula is C13H19N5. The molecule has 0 saturated carbocycles. The van der Waals surface area contributed by atoms with Gasteiger partial charge in [0, 0.05) is 45.6 Å². The predicted octanol–water partition coefficient (Wildman–Crippen LogP) is 1.80. The molecule has 0 radical (unpaired) electrons. The van der Waals surface area contributed by atoms with E-state index in [4.69, 9.17) is 0 Å². The molecule has 1 N–H and O–H groups in total. The summed E-state index contributed by atoms with van der Waals surface area (Å²) in [6, 6.07) is 2.00. The van der Waals surface area contributed by atoms with E-state index in [0.717, 1.165) is 23.6 Å². The molecule has 5 nitrogen and oxygen atoms in total. The summed E-state index contributed by atoms with van der Waals surface area (Å²) in [5, 5.41) is 7.74. The molecule has 2 heterocycles. The van der Waals surface area contributed by atoms with Gasteiger partial charge in [-0.3, -0.25) is 9.67 Å². The third kappa shape index (κ3) is 2.61. The first-order valence-electron chi connectivity index (χ1n) is 5.92. The van der Waals surface area contributed by atoms with Crippen molar-refractivity contribution < 1.29 is 0 Å². The Morgan fingerprint density at radius 1 is 1.39 bits per heavy atom. The molecule has 2 rings (SSSR count). The smallest absolute Gasteiger partial charge is 0.0766 e. The van der Waals surface area contributed by atoms with Crippen LogP contribution in [0, 0.1) is 6.92 Å². The van der Waals surface area contributed by atoms with Crippen LogP contribution >= 0.6 is 0 Å². The van der Waals surface area contributed by atoms with Crippen LogP contribution in [0.4, 0.5) is 11.4 Å². The van der Waals surface area contributed by atoms with E-state index in [1.54, 1.807) is 6.20 Å². The van der Waals surface area contributed by atoms with E-state index < -0.39 is 0 Å². The normalized spacial score (nSPS) is 10.4. The average molecular weight is 245 g/mol. The van der Waals surface area contributed by atoms with Crippen molar-refractivity contribution in [2.75, 3.05) is 24.3 Å². The first kappa shape index (κ1) is 12.4. The molecule has 18 heavy (non-hydrogen) atoms. The standard InChI is InChI=1S/C13H19N5/c1-10-11(9-18(4)16-10)7-15-12-8-14-6-5-13(12)17(2)3/h5-6,8-9,15H,7H2,1-4H3. The number of nitrogens with one attached hydrogen (secondary N) is 1. The largest absolute Gasteiger partial charge is 0.378 e. The highest BCUT2D eigenvalue weighted by Crippen LogP contribution is 2.23. The molecule has 0 atom stereocenters. The number of aromatic nitrogens is 3. The fraction of sp³-hybridized carbons (Fsp3) is 0.385. The van der Waals surface area contributed by atoms with Gasteiger partial charge in [0.2, 0.25) is 0 Å². The maximum absolute atomic E-state index is 4.33. The third-order valence-corrected chi connectivity index (χ3v) is 2.86. The number of pyridine rings is 1. The molecule has 0 unspecified atom stereocenters. The fourth-order valence-corrected chi connectivity index (χ4v) is 1.93. The zero-order valence-corrected chi connectivity index (χ0v) is 11.3. The van der Waals surface area contributed by atoms with E-state index in [1.807, 2.05) is 51.2 Å². The molecule has 0 saturated heterocycles. The molecule has 0 aliphatic rings. The van der Waals surface area contributed by atoms with Crippen molar-refractivity contribution in [3.63, 3.8) is 0 Å². The minimum absolute atomic E-state index is 0.756. The molecule has 0 aliphatic carbocycles. The van der Waals surface area contributed by atoms with Crippen LogP contribution in [0.15, 0.2) is 24.7 Å². The fourth-order valence-electron chi connectivity index (χ4n) is 1.93. The number of anilines is 2. The first-order valence-corrected chi connectivity index (χ1v) is 5.92. The highest BCUT2D eigenvalue weighted by Gasteiger charge is 2.06. The molecule has 0 fully saturated rings. The van der Waals surface area contributed by atoms with Crippen molar-refractivity contribution >= 4 is 11.4 Å². The van der Waals surface area contributed by atoms with Gasteiger partial charge in [0.1, 0.15) is 0 Å². The number of hydrogen-bond acceptors (Lipinski definition) is 4. The lowest BCUT2D eigenvalue weighted by Gasteiger charge is -2.17. The lowest BCUT2D eigenvalue weighted by atomic mass is 10.2. The van der Waals surface area contributed by atoms with Gasteiger partial charge in [0.25, 0.3) is 0 Å². The minimum atomic E-state index is 0.756. The van der Waals surface area contributed by atoms with Crippen LogP contribution in [0.1, 0.15) is 11.3 Å². The Morgan fingerprint density at radius 2 is 2.17 bits per heavy atom. The van der Waals surface area contributed by atoms with Crippen LogP contribution in [-0.2, 0) is 13.6 Å². The molecule has 0 amide bonds. The van der Waals surface area contributed by atoms with Gasteiger partial charge in [-0.05, 0) is 13.0 Å². The quantitative estimate of drug-likeness (QED) is 0.892. The monoisotopic (exact) mass is 245 g/mol. The summed E-state index contributed by atoms with van der Waals surface area (Å²) >= 11 is 0. The highest BCUT2D eigenvalue weighted by molar-refractivity contribution is 5.68. The Labute approximate surface area is 107 Å². The number of aryl methyl sites for hydroxylation is 2. The van der Waals surface area contributed by atoms with Crippen molar-refractivity contribution in [3.8, 4) is 0 Å². The first-order chi connectivity index (χ1) is 8.58. The molecular weight excluding hydrogens is 226 g/mol. The summed E-state index contributed by atoms with van der Waals surface area (Å²) in [4.78, 5) is 6.23. The summed E-state index contributed by atoms with van der Waals surface area (Å²) < 4.78 is 1.84. The van der Waals surface area contributed by atoms with Crippen molar-refractivity contribution in [2.45, 2.75) is 13.5 Å². The summed E-state index contributed by atoms with van der Waals surface area (Å²) in [7, 11) is 5.98. The second-order valence-electron chi connectivity index (χ2n) is 4.55. The molecule has 2 aromatic heterocycles. The molecule has 0 aliphatic heterocycles. The SMILES string of the molecule is Cc1nn(C)cc1CNc1cnccc1N(C)C. The number of nitrogens with zero attached hydrogens (tertiary/aromatic N) is 4. The van der Waals surface area contributed by atoms with Gasteiger partial charge in [-0.1, -0.05) is 0 Å². The molecule has 0 spiro atoms. The minimum Gasteiger partial charge on any atom is -0.378 e. The summed E-state index contributed by atoms with van der Waals surface area (Å²) in [5.74, 6) is 0. The van der Waals surface area contributed by atoms with Crippen molar-refractivity contribution in [1.82, 2.24) is 14.8 Å². The topological polar surface area (TPSA) is 46.0 Å². The van der Waals surface area contributed by atoms with Crippen LogP contribution in [0.3, 0.4) is 0 Å². The Balaban J connectivity index is 2.13. The molecule has 0 bridgehead atoms. The van der Waals surface area contributed by atoms with E-state index in [1.165, 1.54) is 5.56 Å². The molecule has 2 aromatic rings. The third-order valence-electron chi connectivity index (χ3n) is 2.86. The van der Waals surface area contributed by atoms with Gasteiger partial charge >= 0.3 is 0 Å². The summed E-state index contributed by atoms with van der Waals surface area (Å²) in [6.07, 6.45) is 5.69. The predicted molar refractivity (Wildman–Crippen MR) is 73.8 cm³/mol. The zero-order valence-electron chi connectivity index (χ0n) is 11.3. The molecule has 5 heteroatoms. The summed E-state index contributed by atoms with van der Waals surface area (Å²) in [5.41, 5.74) is 4.42. The van der Waals surface area contributed by atoms with Gasteiger partial charge in [-0.25, -0.2) is 0 Å². The van der Waals surface area contributed by atoms with E-state index >= 15 is 0 Å².